The maximum Gasteiger partial charge on any atom is 0.245 e. The molecule has 1 N–H and O–H groups in total. The third kappa shape index (κ3) is 3.00. The molecule has 108 valence electrons. The third-order valence-corrected chi connectivity index (χ3v) is 3.88. The van der Waals surface area contributed by atoms with E-state index in [2.05, 4.69) is 34.3 Å². The molecule has 0 bridgehead atoms. The Labute approximate surface area is 128 Å². The highest BCUT2D eigenvalue weighted by Gasteiger charge is 2.26. The van der Waals surface area contributed by atoms with Gasteiger partial charge in [-0.05, 0) is 37.1 Å². The van der Waals surface area contributed by atoms with E-state index in [0.29, 0.717) is 23.4 Å². The lowest BCUT2D eigenvalue weighted by Gasteiger charge is -2.24. The molecule has 0 fully saturated rings. The molecule has 1 amide bonds. The van der Waals surface area contributed by atoms with Crippen molar-refractivity contribution in [1.82, 2.24) is 4.98 Å². The molecule has 1 aromatic heterocycles. The molecule has 0 saturated carbocycles. The quantitative estimate of drug-likeness (QED) is 0.947. The average Bonchev–Trinajstić information content (AvgIpc) is 2.78. The second-order valence-electron chi connectivity index (χ2n) is 5.22. The monoisotopic (exact) mass is 301 g/mol. The second kappa shape index (κ2) is 5.74. The molecule has 4 nitrogen and oxygen atoms in total. The van der Waals surface area contributed by atoms with Gasteiger partial charge in [0.2, 0.25) is 5.91 Å². The summed E-state index contributed by atoms with van der Waals surface area (Å²) in [7, 11) is 0. The van der Waals surface area contributed by atoms with E-state index in [4.69, 9.17) is 11.6 Å². The zero-order valence-corrected chi connectivity index (χ0v) is 12.5. The van der Waals surface area contributed by atoms with E-state index in [1.165, 1.54) is 11.8 Å². The van der Waals surface area contributed by atoms with Crippen LogP contribution in [0, 0.1) is 0 Å². The standard InChI is InChI=1S/C16H16ClN3O/c1-11-8-12-4-2-3-5-14(12)20(11)10-16(21)19-15-7-6-13(17)9-18-15/h2-7,9,11H,8,10H2,1H3,(H,18,19,21)/t11-/m0/s1. The van der Waals surface area contributed by atoms with Crippen molar-refractivity contribution in [3.8, 4) is 0 Å². The number of nitrogens with zero attached hydrogens (tertiary/aromatic N) is 2. The number of amides is 1. The lowest BCUT2D eigenvalue weighted by Crippen LogP contribution is -2.37. The summed E-state index contributed by atoms with van der Waals surface area (Å²) in [4.78, 5) is 18.4. The Bertz CT molecular complexity index is 657. The molecule has 1 aromatic carbocycles. The van der Waals surface area contributed by atoms with E-state index in [-0.39, 0.29) is 5.91 Å². The number of fused-ring (bicyclic) bond motifs is 1. The number of para-hydroxylation sites is 1. The van der Waals surface area contributed by atoms with Gasteiger partial charge >= 0.3 is 0 Å². The lowest BCUT2D eigenvalue weighted by atomic mass is 10.1. The highest BCUT2D eigenvalue weighted by molar-refractivity contribution is 6.30. The summed E-state index contributed by atoms with van der Waals surface area (Å²) >= 11 is 5.78. The topological polar surface area (TPSA) is 45.2 Å². The van der Waals surface area contributed by atoms with Gasteiger partial charge in [0.15, 0.2) is 0 Å². The summed E-state index contributed by atoms with van der Waals surface area (Å²) in [5.74, 6) is 0.443. The first-order chi connectivity index (χ1) is 10.1. The zero-order chi connectivity index (χ0) is 14.8. The van der Waals surface area contributed by atoms with Gasteiger partial charge in [-0.15, -0.1) is 0 Å². The van der Waals surface area contributed by atoms with Crippen LogP contribution >= 0.6 is 11.6 Å². The first kappa shape index (κ1) is 13.9. The van der Waals surface area contributed by atoms with E-state index in [9.17, 15) is 4.79 Å². The molecule has 0 aliphatic carbocycles. The first-order valence-electron chi connectivity index (χ1n) is 6.89. The van der Waals surface area contributed by atoms with Gasteiger partial charge in [0.1, 0.15) is 5.82 Å². The van der Waals surface area contributed by atoms with Crippen molar-refractivity contribution < 1.29 is 4.79 Å². The molecule has 0 saturated heterocycles. The number of pyridine rings is 1. The largest absolute Gasteiger partial charge is 0.359 e. The Morgan fingerprint density at radius 2 is 2.19 bits per heavy atom. The normalized spacial score (nSPS) is 16.7. The summed E-state index contributed by atoms with van der Waals surface area (Å²) in [6, 6.07) is 11.9. The zero-order valence-electron chi connectivity index (χ0n) is 11.7. The van der Waals surface area contributed by atoms with Crippen molar-refractivity contribution in [3.63, 3.8) is 0 Å². The third-order valence-electron chi connectivity index (χ3n) is 3.66. The van der Waals surface area contributed by atoms with Gasteiger partial charge in [-0.2, -0.15) is 0 Å². The van der Waals surface area contributed by atoms with Crippen LogP contribution in [0.25, 0.3) is 0 Å². The van der Waals surface area contributed by atoms with Crippen molar-refractivity contribution in [3.05, 3.63) is 53.2 Å². The van der Waals surface area contributed by atoms with Gasteiger partial charge in [0.25, 0.3) is 0 Å². The molecule has 0 radical (unpaired) electrons. The molecule has 21 heavy (non-hydrogen) atoms. The highest BCUT2D eigenvalue weighted by atomic mass is 35.5. The number of carbonyl (C=O) groups is 1. The van der Waals surface area contributed by atoms with Gasteiger partial charge < -0.3 is 10.2 Å². The lowest BCUT2D eigenvalue weighted by molar-refractivity contribution is -0.115. The summed E-state index contributed by atoms with van der Waals surface area (Å²) in [6.07, 6.45) is 2.49. The van der Waals surface area contributed by atoms with E-state index >= 15 is 0 Å². The van der Waals surface area contributed by atoms with Crippen LogP contribution in [0.4, 0.5) is 11.5 Å². The van der Waals surface area contributed by atoms with Crippen molar-refractivity contribution in [2.75, 3.05) is 16.8 Å². The fourth-order valence-corrected chi connectivity index (χ4v) is 2.77. The summed E-state index contributed by atoms with van der Waals surface area (Å²) < 4.78 is 0. The molecular formula is C16H16ClN3O. The van der Waals surface area contributed by atoms with Crippen molar-refractivity contribution >= 4 is 29.0 Å². The molecule has 2 aromatic rings. The average molecular weight is 302 g/mol. The van der Waals surface area contributed by atoms with Gasteiger partial charge in [-0.25, -0.2) is 4.98 Å². The van der Waals surface area contributed by atoms with E-state index < -0.39 is 0 Å². The Kier molecular flexibility index (Phi) is 3.80. The highest BCUT2D eigenvalue weighted by Crippen LogP contribution is 2.31. The van der Waals surface area contributed by atoms with Crippen LogP contribution in [0.5, 0.6) is 0 Å². The number of halogens is 1. The van der Waals surface area contributed by atoms with Gasteiger partial charge in [0.05, 0.1) is 11.6 Å². The molecule has 3 rings (SSSR count). The Balaban J connectivity index is 1.69. The van der Waals surface area contributed by atoms with Gasteiger partial charge in [-0.1, -0.05) is 29.8 Å². The second-order valence-corrected chi connectivity index (χ2v) is 5.66. The van der Waals surface area contributed by atoms with Crippen LogP contribution in [-0.2, 0) is 11.2 Å². The maximum atomic E-state index is 12.2. The van der Waals surface area contributed by atoms with E-state index in [0.717, 1.165) is 12.1 Å². The molecule has 1 aliphatic heterocycles. The maximum absolute atomic E-state index is 12.2. The van der Waals surface area contributed by atoms with Crippen LogP contribution in [0.2, 0.25) is 5.02 Å². The number of hydrogen-bond acceptors (Lipinski definition) is 3. The first-order valence-corrected chi connectivity index (χ1v) is 7.27. The predicted molar refractivity (Wildman–Crippen MR) is 84.8 cm³/mol. The summed E-state index contributed by atoms with van der Waals surface area (Å²) in [5, 5.41) is 3.35. The van der Waals surface area contributed by atoms with E-state index in [1.807, 2.05) is 12.1 Å². The number of anilines is 2. The van der Waals surface area contributed by atoms with Crippen LogP contribution < -0.4 is 10.2 Å². The Hall–Kier alpha value is -2.07. The molecule has 1 aliphatic rings. The minimum atomic E-state index is -0.0756. The number of hydrogen-bond donors (Lipinski definition) is 1. The van der Waals surface area contributed by atoms with Crippen LogP contribution in [0.1, 0.15) is 12.5 Å². The number of rotatable bonds is 3. The van der Waals surface area contributed by atoms with Crippen LogP contribution in [0.3, 0.4) is 0 Å². The Morgan fingerprint density at radius 3 is 2.95 bits per heavy atom. The number of carbonyl (C=O) groups excluding carboxylic acids is 1. The molecule has 0 unspecified atom stereocenters. The van der Waals surface area contributed by atoms with E-state index in [1.54, 1.807) is 12.1 Å². The molecule has 2 heterocycles. The predicted octanol–water partition coefficient (Wildman–Crippen LogP) is 3.12. The Morgan fingerprint density at radius 1 is 1.38 bits per heavy atom. The molecule has 1 atom stereocenters. The minimum absolute atomic E-state index is 0.0756. The summed E-state index contributed by atoms with van der Waals surface area (Å²) in [6.45, 7) is 2.45. The fourth-order valence-electron chi connectivity index (χ4n) is 2.66. The van der Waals surface area contributed by atoms with Crippen molar-refractivity contribution in [1.29, 1.82) is 0 Å². The number of nitrogens with one attached hydrogen (secondary N) is 1. The van der Waals surface area contributed by atoms with Crippen molar-refractivity contribution in [2.24, 2.45) is 0 Å². The fraction of sp³-hybridized carbons (Fsp3) is 0.250. The van der Waals surface area contributed by atoms with Crippen LogP contribution in [0.15, 0.2) is 42.6 Å². The van der Waals surface area contributed by atoms with Gasteiger partial charge in [-0.3, -0.25) is 4.79 Å². The summed E-state index contributed by atoms with van der Waals surface area (Å²) in [5.41, 5.74) is 2.44. The van der Waals surface area contributed by atoms with Crippen LogP contribution in [-0.4, -0.2) is 23.5 Å². The number of aromatic nitrogens is 1. The van der Waals surface area contributed by atoms with Crippen molar-refractivity contribution in [2.45, 2.75) is 19.4 Å². The SMILES string of the molecule is C[C@H]1Cc2ccccc2N1CC(=O)Nc1ccc(Cl)cn1. The molecular weight excluding hydrogens is 286 g/mol. The number of benzene rings is 1. The molecule has 5 heteroatoms. The smallest absolute Gasteiger partial charge is 0.245 e. The van der Waals surface area contributed by atoms with Gasteiger partial charge in [0, 0.05) is 17.9 Å². The molecule has 0 spiro atoms. The minimum Gasteiger partial charge on any atom is -0.359 e.